The molecule has 0 aromatic heterocycles. The van der Waals surface area contributed by atoms with Crippen LogP contribution in [0.4, 0.5) is 0 Å². The molecule has 0 spiro atoms. The third-order valence-electron chi connectivity index (χ3n) is 3.04. The van der Waals surface area contributed by atoms with Crippen LogP contribution in [0.25, 0.3) is 0 Å². The maximum absolute atomic E-state index is 11.5. The first-order valence-electron chi connectivity index (χ1n) is 5.31. The van der Waals surface area contributed by atoms with Gasteiger partial charge in [0, 0.05) is 6.54 Å². The van der Waals surface area contributed by atoms with Crippen LogP contribution in [0.3, 0.4) is 0 Å². The van der Waals surface area contributed by atoms with E-state index in [1.54, 1.807) is 0 Å². The summed E-state index contributed by atoms with van der Waals surface area (Å²) in [6.45, 7) is 1.29. The zero-order valence-corrected chi connectivity index (χ0v) is 8.24. The van der Waals surface area contributed by atoms with Crippen molar-refractivity contribution in [3.63, 3.8) is 0 Å². The molecule has 0 bridgehead atoms. The number of nitrogens with zero attached hydrogens (tertiary/aromatic N) is 1. The van der Waals surface area contributed by atoms with Gasteiger partial charge in [0.25, 0.3) is 0 Å². The Morgan fingerprint density at radius 2 is 1.79 bits per heavy atom. The molecule has 1 saturated heterocycles. The molecule has 1 saturated carbocycles. The lowest BCUT2D eigenvalue weighted by molar-refractivity contribution is -0.141. The molecule has 4 heteroatoms. The summed E-state index contributed by atoms with van der Waals surface area (Å²) in [7, 11) is 0. The molecule has 2 rings (SSSR count). The minimum atomic E-state index is 0.0528. The summed E-state index contributed by atoms with van der Waals surface area (Å²) in [5.41, 5.74) is 5.36. The average Bonchev–Trinajstić information content (AvgIpc) is 2.91. The van der Waals surface area contributed by atoms with Crippen LogP contribution in [0.15, 0.2) is 0 Å². The number of amides is 2. The Kier molecular flexibility index (Phi) is 2.54. The fourth-order valence-electron chi connectivity index (χ4n) is 2.06. The third-order valence-corrected chi connectivity index (χ3v) is 3.04. The van der Waals surface area contributed by atoms with Gasteiger partial charge >= 0.3 is 0 Å². The second kappa shape index (κ2) is 3.69. The second-order valence-electron chi connectivity index (χ2n) is 4.13. The summed E-state index contributed by atoms with van der Waals surface area (Å²) in [5.74, 6) is 0.231. The van der Waals surface area contributed by atoms with Gasteiger partial charge in [-0.2, -0.15) is 0 Å². The van der Waals surface area contributed by atoms with Crippen LogP contribution in [0.1, 0.15) is 25.7 Å². The number of piperidine rings is 1. The largest absolute Gasteiger partial charge is 0.330 e. The summed E-state index contributed by atoms with van der Waals surface area (Å²) in [4.78, 5) is 24.4. The van der Waals surface area contributed by atoms with Crippen molar-refractivity contribution in [3.05, 3.63) is 0 Å². The summed E-state index contributed by atoms with van der Waals surface area (Å²) < 4.78 is 0. The molecule has 2 amide bonds. The Bertz CT molecular complexity index is 245. The molecular weight excluding hydrogens is 180 g/mol. The molecule has 2 unspecified atom stereocenters. The van der Waals surface area contributed by atoms with Crippen molar-refractivity contribution in [2.24, 2.45) is 17.6 Å². The van der Waals surface area contributed by atoms with Gasteiger partial charge in [0.15, 0.2) is 0 Å². The third kappa shape index (κ3) is 1.54. The quantitative estimate of drug-likeness (QED) is 0.502. The van der Waals surface area contributed by atoms with Crippen LogP contribution < -0.4 is 5.73 Å². The number of hydrogen-bond acceptors (Lipinski definition) is 3. The smallest absolute Gasteiger partial charge is 0.233 e. The van der Waals surface area contributed by atoms with E-state index >= 15 is 0 Å². The monoisotopic (exact) mass is 196 g/mol. The number of carbonyl (C=O) groups excluding carboxylic acids is 2. The Hall–Kier alpha value is -0.900. The summed E-state index contributed by atoms with van der Waals surface area (Å²) in [6.07, 6.45) is 3.68. The van der Waals surface area contributed by atoms with Crippen LogP contribution in [0.5, 0.6) is 0 Å². The Labute approximate surface area is 83.4 Å². The van der Waals surface area contributed by atoms with Gasteiger partial charge in [0.1, 0.15) is 0 Å². The predicted molar refractivity (Wildman–Crippen MR) is 51.2 cm³/mol. The van der Waals surface area contributed by atoms with Crippen molar-refractivity contribution in [2.75, 3.05) is 13.1 Å². The van der Waals surface area contributed by atoms with E-state index in [2.05, 4.69) is 0 Å². The van der Waals surface area contributed by atoms with Gasteiger partial charge < -0.3 is 5.73 Å². The number of imide groups is 1. The van der Waals surface area contributed by atoms with Crippen LogP contribution in [-0.2, 0) is 9.59 Å². The van der Waals surface area contributed by atoms with E-state index in [0.717, 1.165) is 25.7 Å². The molecule has 1 heterocycles. The number of carbonyl (C=O) groups is 2. The number of nitrogens with two attached hydrogens (primary N) is 1. The van der Waals surface area contributed by atoms with Gasteiger partial charge in [-0.05, 0) is 25.8 Å². The van der Waals surface area contributed by atoms with Crippen LogP contribution >= 0.6 is 0 Å². The number of likely N-dealkylation sites (tertiary alicyclic amines) is 1. The molecule has 1 aliphatic carbocycles. The highest BCUT2D eigenvalue weighted by Crippen LogP contribution is 2.46. The fourth-order valence-corrected chi connectivity index (χ4v) is 2.06. The lowest BCUT2D eigenvalue weighted by Gasteiger charge is -2.15. The molecular formula is C10H16N2O2. The van der Waals surface area contributed by atoms with Crippen LogP contribution in [0.2, 0.25) is 0 Å². The molecule has 2 fully saturated rings. The number of rotatable bonds is 5. The summed E-state index contributed by atoms with van der Waals surface area (Å²) in [6, 6.07) is 0. The van der Waals surface area contributed by atoms with Crippen molar-refractivity contribution in [1.29, 1.82) is 0 Å². The highest BCUT2D eigenvalue weighted by atomic mass is 16.2. The minimum absolute atomic E-state index is 0.0528. The maximum Gasteiger partial charge on any atom is 0.233 e. The first-order valence-corrected chi connectivity index (χ1v) is 5.31. The lowest BCUT2D eigenvalue weighted by Crippen LogP contribution is -2.33. The van der Waals surface area contributed by atoms with Crippen LogP contribution in [0, 0.1) is 11.8 Å². The summed E-state index contributed by atoms with van der Waals surface area (Å²) >= 11 is 0. The molecule has 2 atom stereocenters. The summed E-state index contributed by atoms with van der Waals surface area (Å²) in [5, 5.41) is 0. The molecule has 78 valence electrons. The Balaban J connectivity index is 1.76. The van der Waals surface area contributed by atoms with Crippen molar-refractivity contribution >= 4 is 11.8 Å². The van der Waals surface area contributed by atoms with Crippen molar-refractivity contribution in [1.82, 2.24) is 4.90 Å². The van der Waals surface area contributed by atoms with E-state index in [1.165, 1.54) is 4.90 Å². The normalized spacial score (nSPS) is 29.6. The standard InChI is InChI=1S/C10H16N2O2/c11-4-2-1-3-5-12-9(13)7-6-8(7)10(12)14/h7-8H,1-6,11H2. The fraction of sp³-hybridized carbons (Fsp3) is 0.800. The predicted octanol–water partition coefficient (Wildman–Crippen LogP) is 0.120. The first-order chi connectivity index (χ1) is 6.75. The molecule has 4 nitrogen and oxygen atoms in total. The van der Waals surface area contributed by atoms with E-state index in [4.69, 9.17) is 5.73 Å². The van der Waals surface area contributed by atoms with Gasteiger partial charge in [-0.3, -0.25) is 14.5 Å². The average molecular weight is 196 g/mol. The zero-order chi connectivity index (χ0) is 10.1. The van der Waals surface area contributed by atoms with E-state index in [0.29, 0.717) is 13.1 Å². The Morgan fingerprint density at radius 3 is 2.36 bits per heavy atom. The molecule has 2 aliphatic rings. The Morgan fingerprint density at radius 1 is 1.14 bits per heavy atom. The van der Waals surface area contributed by atoms with Crippen molar-refractivity contribution < 1.29 is 9.59 Å². The molecule has 0 aromatic carbocycles. The van der Waals surface area contributed by atoms with Gasteiger partial charge in [-0.25, -0.2) is 0 Å². The van der Waals surface area contributed by atoms with Gasteiger partial charge in [0.05, 0.1) is 11.8 Å². The van der Waals surface area contributed by atoms with Gasteiger partial charge in [-0.1, -0.05) is 6.42 Å². The van der Waals surface area contributed by atoms with Crippen molar-refractivity contribution in [2.45, 2.75) is 25.7 Å². The molecule has 2 N–H and O–H groups in total. The van der Waals surface area contributed by atoms with Crippen molar-refractivity contribution in [3.8, 4) is 0 Å². The highest BCUT2D eigenvalue weighted by molar-refractivity contribution is 6.08. The minimum Gasteiger partial charge on any atom is -0.330 e. The van der Waals surface area contributed by atoms with E-state index in [1.807, 2.05) is 0 Å². The highest BCUT2D eigenvalue weighted by Gasteiger charge is 2.58. The lowest BCUT2D eigenvalue weighted by atomic mass is 10.2. The van der Waals surface area contributed by atoms with E-state index in [9.17, 15) is 9.59 Å². The first kappa shape index (κ1) is 9.65. The van der Waals surface area contributed by atoms with E-state index < -0.39 is 0 Å². The second-order valence-corrected chi connectivity index (χ2v) is 4.13. The number of unbranched alkanes of at least 4 members (excludes halogenated alkanes) is 2. The molecule has 0 aromatic rings. The van der Waals surface area contributed by atoms with E-state index in [-0.39, 0.29) is 23.7 Å². The maximum atomic E-state index is 11.5. The SMILES string of the molecule is NCCCCCN1C(=O)C2CC2C1=O. The topological polar surface area (TPSA) is 63.4 Å². The van der Waals surface area contributed by atoms with Crippen LogP contribution in [-0.4, -0.2) is 29.8 Å². The van der Waals surface area contributed by atoms with Gasteiger partial charge in [0.2, 0.25) is 11.8 Å². The zero-order valence-electron chi connectivity index (χ0n) is 8.24. The molecule has 0 radical (unpaired) electrons. The molecule has 14 heavy (non-hydrogen) atoms. The van der Waals surface area contributed by atoms with Gasteiger partial charge in [-0.15, -0.1) is 0 Å². The molecule has 1 aliphatic heterocycles. The number of hydrogen-bond donors (Lipinski definition) is 1. The number of fused-ring (bicyclic) bond motifs is 1.